The normalized spacial score (nSPS) is 22.5. The Kier molecular flexibility index (Phi) is 10.1. The van der Waals surface area contributed by atoms with E-state index in [2.05, 4.69) is 26.1 Å². The summed E-state index contributed by atoms with van der Waals surface area (Å²) >= 11 is 0. The van der Waals surface area contributed by atoms with Crippen molar-refractivity contribution < 1.29 is 23.9 Å². The molecule has 1 N–H and O–H groups in total. The zero-order valence-corrected chi connectivity index (χ0v) is 21.9. The second-order valence-electron chi connectivity index (χ2n) is 11.2. The van der Waals surface area contributed by atoms with Crippen LogP contribution in [0.1, 0.15) is 92.1 Å². The molecule has 0 spiro atoms. The highest BCUT2D eigenvalue weighted by Crippen LogP contribution is 2.36. The molecule has 1 aliphatic rings. The van der Waals surface area contributed by atoms with Crippen LogP contribution in [0.2, 0.25) is 0 Å². The Hall–Kier alpha value is -2.37. The Balaban J connectivity index is 2.06. The van der Waals surface area contributed by atoms with Crippen molar-refractivity contribution in [1.82, 2.24) is 5.32 Å². The number of carbonyl (C=O) groups excluding carboxylic acids is 3. The number of ketones is 1. The van der Waals surface area contributed by atoms with Gasteiger partial charge in [-0.05, 0) is 63.9 Å². The van der Waals surface area contributed by atoms with Crippen LogP contribution in [0.15, 0.2) is 30.3 Å². The standard InChI is InChI=1S/C28H43NO5/c1-18(2)23-14-13-19(3)15-25(23)33-26(31)17-22(21-11-9-8-10-12-21)16-24(30)20(4)29-27(32)34-28(5,6)7/h8-12,18-20,22-23,25H,13-17H2,1-7H3,(H,29,32)/t19-,20+,22-,23+,25-/m1/s1. The summed E-state index contributed by atoms with van der Waals surface area (Å²) in [4.78, 5) is 38.1. The average molecular weight is 474 g/mol. The number of ether oxygens (including phenoxy) is 2. The molecule has 6 heteroatoms. The van der Waals surface area contributed by atoms with Crippen molar-refractivity contribution in [3.05, 3.63) is 35.9 Å². The molecule has 34 heavy (non-hydrogen) atoms. The Morgan fingerprint density at radius 3 is 2.26 bits per heavy atom. The topological polar surface area (TPSA) is 81.7 Å². The average Bonchev–Trinajstić information content (AvgIpc) is 2.72. The quantitative estimate of drug-likeness (QED) is 0.442. The van der Waals surface area contributed by atoms with Gasteiger partial charge in [-0.3, -0.25) is 9.59 Å². The second kappa shape index (κ2) is 12.4. The predicted octanol–water partition coefficient (Wildman–Crippen LogP) is 6.04. The lowest BCUT2D eigenvalue weighted by molar-refractivity contribution is -0.156. The first-order valence-electron chi connectivity index (χ1n) is 12.6. The van der Waals surface area contributed by atoms with Crippen molar-refractivity contribution in [2.75, 3.05) is 0 Å². The molecule has 190 valence electrons. The Bertz CT molecular complexity index is 814. The fourth-order valence-electron chi connectivity index (χ4n) is 4.69. The fourth-order valence-corrected chi connectivity index (χ4v) is 4.69. The number of carbonyl (C=O) groups is 3. The van der Waals surface area contributed by atoms with E-state index < -0.39 is 17.7 Å². The minimum absolute atomic E-state index is 0.0730. The van der Waals surface area contributed by atoms with Gasteiger partial charge < -0.3 is 14.8 Å². The molecule has 0 saturated heterocycles. The van der Waals surface area contributed by atoms with Crippen LogP contribution in [0, 0.1) is 17.8 Å². The van der Waals surface area contributed by atoms with Crippen LogP contribution in [0.5, 0.6) is 0 Å². The van der Waals surface area contributed by atoms with Crippen LogP contribution >= 0.6 is 0 Å². The number of benzene rings is 1. The predicted molar refractivity (Wildman–Crippen MR) is 133 cm³/mol. The van der Waals surface area contributed by atoms with Crippen LogP contribution in [0.4, 0.5) is 4.79 Å². The summed E-state index contributed by atoms with van der Waals surface area (Å²) in [6.45, 7) is 13.5. The van der Waals surface area contributed by atoms with Crippen LogP contribution < -0.4 is 5.32 Å². The van der Waals surface area contributed by atoms with Gasteiger partial charge in [0.2, 0.25) is 0 Å². The Labute approximate surface area is 205 Å². The first kappa shape index (κ1) is 27.9. The first-order valence-corrected chi connectivity index (χ1v) is 12.6. The van der Waals surface area contributed by atoms with Crippen molar-refractivity contribution >= 4 is 17.8 Å². The molecular formula is C28H43NO5. The van der Waals surface area contributed by atoms with Gasteiger partial charge >= 0.3 is 12.1 Å². The van der Waals surface area contributed by atoms with E-state index in [0.717, 1.165) is 18.4 Å². The molecule has 1 amide bonds. The maximum Gasteiger partial charge on any atom is 0.408 e. The van der Waals surface area contributed by atoms with Crippen molar-refractivity contribution in [1.29, 1.82) is 0 Å². The third-order valence-corrected chi connectivity index (χ3v) is 6.59. The maximum absolute atomic E-state index is 13.0. The molecule has 1 aromatic carbocycles. The second-order valence-corrected chi connectivity index (χ2v) is 11.2. The van der Waals surface area contributed by atoms with Crippen LogP contribution in [-0.4, -0.2) is 35.6 Å². The van der Waals surface area contributed by atoms with E-state index in [-0.39, 0.29) is 36.6 Å². The highest BCUT2D eigenvalue weighted by atomic mass is 16.6. The molecule has 2 rings (SSSR count). The molecule has 0 aliphatic heterocycles. The number of amides is 1. The number of nitrogens with one attached hydrogen (secondary N) is 1. The molecule has 1 fully saturated rings. The number of hydrogen-bond donors (Lipinski definition) is 1. The van der Waals surface area contributed by atoms with Gasteiger partial charge in [0, 0.05) is 12.3 Å². The summed E-state index contributed by atoms with van der Waals surface area (Å²) in [5.41, 5.74) is 0.267. The van der Waals surface area contributed by atoms with Crippen molar-refractivity contribution in [3.8, 4) is 0 Å². The minimum atomic E-state index is -0.721. The molecule has 0 unspecified atom stereocenters. The van der Waals surface area contributed by atoms with Gasteiger partial charge in [-0.15, -0.1) is 0 Å². The summed E-state index contributed by atoms with van der Waals surface area (Å²) in [5, 5.41) is 2.61. The monoisotopic (exact) mass is 473 g/mol. The highest BCUT2D eigenvalue weighted by molar-refractivity contribution is 5.88. The van der Waals surface area contributed by atoms with Gasteiger partial charge in [-0.2, -0.15) is 0 Å². The fraction of sp³-hybridized carbons (Fsp3) is 0.679. The van der Waals surface area contributed by atoms with Crippen LogP contribution in [0.25, 0.3) is 0 Å². The van der Waals surface area contributed by atoms with E-state index in [1.54, 1.807) is 27.7 Å². The van der Waals surface area contributed by atoms with E-state index in [4.69, 9.17) is 9.47 Å². The molecule has 1 aliphatic carbocycles. The Morgan fingerprint density at radius 2 is 1.68 bits per heavy atom. The molecule has 1 saturated carbocycles. The van der Waals surface area contributed by atoms with Crippen molar-refractivity contribution in [2.45, 2.75) is 104 Å². The molecular weight excluding hydrogens is 430 g/mol. The third-order valence-electron chi connectivity index (χ3n) is 6.59. The summed E-state index contributed by atoms with van der Waals surface area (Å²) in [6.07, 6.45) is 2.69. The maximum atomic E-state index is 13.0. The summed E-state index contributed by atoms with van der Waals surface area (Å²) < 4.78 is 11.3. The van der Waals surface area contributed by atoms with Gasteiger partial charge in [-0.1, -0.05) is 57.5 Å². The molecule has 0 aromatic heterocycles. The molecule has 6 nitrogen and oxygen atoms in total. The number of esters is 1. The minimum Gasteiger partial charge on any atom is -0.462 e. The Morgan fingerprint density at radius 1 is 1.03 bits per heavy atom. The number of rotatable bonds is 9. The van der Waals surface area contributed by atoms with E-state index in [0.29, 0.717) is 17.8 Å². The lowest BCUT2D eigenvalue weighted by Crippen LogP contribution is -2.42. The lowest BCUT2D eigenvalue weighted by atomic mass is 9.75. The van der Waals surface area contributed by atoms with E-state index in [1.807, 2.05) is 30.3 Å². The van der Waals surface area contributed by atoms with Gasteiger partial charge in [0.15, 0.2) is 5.78 Å². The highest BCUT2D eigenvalue weighted by Gasteiger charge is 2.34. The molecule has 1 aromatic rings. The van der Waals surface area contributed by atoms with Crippen LogP contribution in [0.3, 0.4) is 0 Å². The molecule has 5 atom stereocenters. The van der Waals surface area contributed by atoms with Crippen molar-refractivity contribution in [2.24, 2.45) is 17.8 Å². The molecule has 0 heterocycles. The lowest BCUT2D eigenvalue weighted by Gasteiger charge is -2.37. The third kappa shape index (κ3) is 9.11. The van der Waals surface area contributed by atoms with E-state index in [9.17, 15) is 14.4 Å². The summed E-state index contributed by atoms with van der Waals surface area (Å²) in [7, 11) is 0. The van der Waals surface area contributed by atoms with Crippen LogP contribution in [-0.2, 0) is 19.1 Å². The number of alkyl carbamates (subject to hydrolysis) is 1. The SMILES string of the molecule is CC(C)[C@@H]1CC[C@@H](C)C[C@H]1OC(=O)C[C@@H](CC(=O)[C@H](C)NC(=O)OC(C)(C)C)c1ccccc1. The molecule has 0 radical (unpaired) electrons. The zero-order valence-electron chi connectivity index (χ0n) is 21.9. The van der Waals surface area contributed by atoms with Gasteiger partial charge in [0.05, 0.1) is 12.5 Å². The largest absolute Gasteiger partial charge is 0.462 e. The number of hydrogen-bond acceptors (Lipinski definition) is 5. The molecule has 0 bridgehead atoms. The van der Waals surface area contributed by atoms with Gasteiger partial charge in [-0.25, -0.2) is 4.79 Å². The zero-order chi connectivity index (χ0) is 25.5. The summed E-state index contributed by atoms with van der Waals surface area (Å²) in [5.74, 6) is 0.631. The van der Waals surface area contributed by atoms with E-state index in [1.165, 1.54) is 6.42 Å². The summed E-state index contributed by atoms with van der Waals surface area (Å²) in [6, 6.07) is 8.84. The number of Topliss-reactive ketones (excluding diaryl/α,β-unsaturated/α-hetero) is 1. The first-order chi connectivity index (χ1) is 15.9. The van der Waals surface area contributed by atoms with E-state index >= 15 is 0 Å². The smallest absolute Gasteiger partial charge is 0.408 e. The van der Waals surface area contributed by atoms with Gasteiger partial charge in [0.1, 0.15) is 11.7 Å². The van der Waals surface area contributed by atoms with Gasteiger partial charge in [0.25, 0.3) is 0 Å². The van der Waals surface area contributed by atoms with Crippen molar-refractivity contribution in [3.63, 3.8) is 0 Å².